The first-order valence-corrected chi connectivity index (χ1v) is 9.75. The van der Waals surface area contributed by atoms with E-state index in [9.17, 15) is 4.79 Å². The van der Waals surface area contributed by atoms with Crippen molar-refractivity contribution in [2.75, 3.05) is 7.11 Å². The van der Waals surface area contributed by atoms with Crippen molar-refractivity contribution in [1.82, 2.24) is 5.16 Å². The lowest BCUT2D eigenvalue weighted by molar-refractivity contribution is 0.0589. The minimum Gasteiger partial charge on any atom is -0.489 e. The fourth-order valence-corrected chi connectivity index (χ4v) is 2.97. The Kier molecular flexibility index (Phi) is 6.28. The molecule has 0 aliphatic rings. The van der Waals surface area contributed by atoms with E-state index in [1.807, 2.05) is 78.9 Å². The average Bonchev–Trinajstić information content (AvgIpc) is 3.33. The molecule has 0 radical (unpaired) electrons. The van der Waals surface area contributed by atoms with E-state index < -0.39 is 5.97 Å². The van der Waals surface area contributed by atoms with Gasteiger partial charge in [-0.3, -0.25) is 0 Å². The molecular formula is C25H21NO5. The predicted octanol–water partition coefficient (Wildman–Crippen LogP) is 5.29. The van der Waals surface area contributed by atoms with Gasteiger partial charge in [0.05, 0.1) is 7.11 Å². The van der Waals surface area contributed by atoms with Crippen LogP contribution in [0.5, 0.6) is 11.5 Å². The van der Waals surface area contributed by atoms with E-state index in [0.29, 0.717) is 36.0 Å². The van der Waals surface area contributed by atoms with E-state index in [0.717, 1.165) is 11.1 Å². The summed E-state index contributed by atoms with van der Waals surface area (Å²) < 4.78 is 22.0. The van der Waals surface area contributed by atoms with Crippen LogP contribution in [0.3, 0.4) is 0 Å². The van der Waals surface area contributed by atoms with E-state index in [2.05, 4.69) is 5.16 Å². The van der Waals surface area contributed by atoms with E-state index in [1.54, 1.807) is 0 Å². The molecule has 0 saturated heterocycles. The smallest absolute Gasteiger partial charge is 0.360 e. The maximum atomic E-state index is 11.7. The van der Waals surface area contributed by atoms with Gasteiger partial charge in [0.2, 0.25) is 0 Å². The maximum absolute atomic E-state index is 11.7. The second-order valence-electron chi connectivity index (χ2n) is 6.81. The Hall–Kier alpha value is -4.06. The molecule has 1 heterocycles. The molecule has 4 rings (SSSR count). The number of carbonyl (C=O) groups is 1. The van der Waals surface area contributed by atoms with Crippen molar-refractivity contribution >= 4 is 5.97 Å². The summed E-state index contributed by atoms with van der Waals surface area (Å²) in [5.41, 5.74) is 2.87. The minimum absolute atomic E-state index is 0.0971. The first kappa shape index (κ1) is 20.2. The zero-order valence-electron chi connectivity index (χ0n) is 17.0. The summed E-state index contributed by atoms with van der Waals surface area (Å²) in [7, 11) is 1.30. The third-order valence-electron chi connectivity index (χ3n) is 4.57. The highest BCUT2D eigenvalue weighted by Crippen LogP contribution is 2.31. The zero-order valence-corrected chi connectivity index (χ0v) is 17.0. The SMILES string of the molecule is COC(=O)c1cc(-c2cc(OCc3ccccc3)cc(OCc3ccccc3)c2)on1. The number of benzene rings is 3. The third kappa shape index (κ3) is 5.30. The number of esters is 1. The van der Waals surface area contributed by atoms with Gasteiger partial charge in [-0.25, -0.2) is 4.79 Å². The predicted molar refractivity (Wildman–Crippen MR) is 115 cm³/mol. The molecule has 0 N–H and O–H groups in total. The lowest BCUT2D eigenvalue weighted by Gasteiger charge is -2.12. The first-order chi connectivity index (χ1) is 15.2. The van der Waals surface area contributed by atoms with E-state index in [4.69, 9.17) is 18.7 Å². The van der Waals surface area contributed by atoms with E-state index in [1.165, 1.54) is 13.2 Å². The molecule has 3 aromatic carbocycles. The summed E-state index contributed by atoms with van der Waals surface area (Å²) in [6.45, 7) is 0.818. The fourth-order valence-electron chi connectivity index (χ4n) is 2.97. The van der Waals surface area contributed by atoms with Crippen LogP contribution < -0.4 is 9.47 Å². The molecule has 0 bridgehead atoms. The Labute approximate surface area is 180 Å². The number of hydrogen-bond donors (Lipinski definition) is 0. The second kappa shape index (κ2) is 9.63. The fraction of sp³-hybridized carbons (Fsp3) is 0.120. The average molecular weight is 415 g/mol. The van der Waals surface area contributed by atoms with Gasteiger partial charge in [0, 0.05) is 17.7 Å². The molecule has 0 amide bonds. The summed E-state index contributed by atoms with van der Waals surface area (Å²) in [6.07, 6.45) is 0. The molecule has 4 aromatic rings. The van der Waals surface area contributed by atoms with Crippen molar-refractivity contribution in [2.24, 2.45) is 0 Å². The molecule has 6 heteroatoms. The maximum Gasteiger partial charge on any atom is 0.360 e. The Bertz CT molecular complexity index is 1080. The summed E-state index contributed by atoms with van der Waals surface area (Å²) >= 11 is 0. The van der Waals surface area contributed by atoms with Gasteiger partial charge in [-0.1, -0.05) is 65.8 Å². The van der Waals surface area contributed by atoms with Crippen LogP contribution >= 0.6 is 0 Å². The molecule has 156 valence electrons. The van der Waals surface area contributed by atoms with Crippen molar-refractivity contribution in [3.8, 4) is 22.8 Å². The van der Waals surface area contributed by atoms with Gasteiger partial charge in [-0.2, -0.15) is 0 Å². The van der Waals surface area contributed by atoms with Crippen LogP contribution in [0, 0.1) is 0 Å². The Balaban J connectivity index is 1.59. The highest BCUT2D eigenvalue weighted by Gasteiger charge is 2.16. The number of aromatic nitrogens is 1. The molecular weight excluding hydrogens is 394 g/mol. The van der Waals surface area contributed by atoms with Crippen LogP contribution in [0.25, 0.3) is 11.3 Å². The summed E-state index contributed by atoms with van der Waals surface area (Å²) in [4.78, 5) is 11.7. The zero-order chi connectivity index (χ0) is 21.5. The molecule has 6 nitrogen and oxygen atoms in total. The molecule has 31 heavy (non-hydrogen) atoms. The number of ether oxygens (including phenoxy) is 3. The Morgan fingerprint density at radius 2 is 1.35 bits per heavy atom. The van der Waals surface area contributed by atoms with Crippen molar-refractivity contribution < 1.29 is 23.5 Å². The van der Waals surface area contributed by atoms with Crippen LogP contribution in [0.15, 0.2) is 89.5 Å². The number of carbonyl (C=O) groups excluding carboxylic acids is 1. The summed E-state index contributed by atoms with van der Waals surface area (Å²) in [5.74, 6) is 1.07. The van der Waals surface area contributed by atoms with Crippen molar-refractivity contribution in [3.05, 3.63) is 102 Å². The second-order valence-corrected chi connectivity index (χ2v) is 6.81. The largest absolute Gasteiger partial charge is 0.489 e. The van der Waals surface area contributed by atoms with Gasteiger partial charge in [0.25, 0.3) is 0 Å². The van der Waals surface area contributed by atoms with E-state index >= 15 is 0 Å². The topological polar surface area (TPSA) is 70.8 Å². The van der Waals surface area contributed by atoms with Crippen LogP contribution in [0.4, 0.5) is 0 Å². The lowest BCUT2D eigenvalue weighted by atomic mass is 10.1. The Morgan fingerprint density at radius 3 is 1.87 bits per heavy atom. The van der Waals surface area contributed by atoms with Crippen molar-refractivity contribution in [3.63, 3.8) is 0 Å². The van der Waals surface area contributed by atoms with Gasteiger partial charge in [0.1, 0.15) is 24.7 Å². The van der Waals surface area contributed by atoms with Crippen molar-refractivity contribution in [1.29, 1.82) is 0 Å². The van der Waals surface area contributed by atoms with Gasteiger partial charge in [-0.05, 0) is 23.3 Å². The van der Waals surface area contributed by atoms with Crippen LogP contribution in [-0.2, 0) is 18.0 Å². The number of methoxy groups -OCH3 is 1. The number of hydrogen-bond acceptors (Lipinski definition) is 6. The van der Waals surface area contributed by atoms with Gasteiger partial charge < -0.3 is 18.7 Å². The van der Waals surface area contributed by atoms with E-state index in [-0.39, 0.29) is 5.69 Å². The van der Waals surface area contributed by atoms with Crippen LogP contribution in [-0.4, -0.2) is 18.2 Å². The molecule has 0 spiro atoms. The van der Waals surface area contributed by atoms with Gasteiger partial charge in [-0.15, -0.1) is 0 Å². The third-order valence-corrected chi connectivity index (χ3v) is 4.57. The molecule has 0 unspecified atom stereocenters. The highest BCUT2D eigenvalue weighted by molar-refractivity contribution is 5.88. The Morgan fingerprint density at radius 1 is 0.806 bits per heavy atom. The van der Waals surface area contributed by atoms with Gasteiger partial charge >= 0.3 is 5.97 Å². The van der Waals surface area contributed by atoms with Crippen molar-refractivity contribution in [2.45, 2.75) is 13.2 Å². The summed E-state index contributed by atoms with van der Waals surface area (Å²) in [5, 5.41) is 3.78. The molecule has 0 fully saturated rings. The molecule has 0 aliphatic heterocycles. The molecule has 0 aliphatic carbocycles. The summed E-state index contributed by atoms with van der Waals surface area (Å²) in [6, 6.07) is 26.8. The molecule has 0 atom stereocenters. The minimum atomic E-state index is -0.563. The highest BCUT2D eigenvalue weighted by atomic mass is 16.5. The standard InChI is InChI=1S/C25H21NO5/c1-28-25(27)23-15-24(31-26-23)20-12-21(29-16-18-8-4-2-5-9-18)14-22(13-20)30-17-19-10-6-3-7-11-19/h2-15H,16-17H2,1H3. The lowest BCUT2D eigenvalue weighted by Crippen LogP contribution is -2.00. The number of nitrogens with zero attached hydrogens (tertiary/aromatic N) is 1. The molecule has 0 saturated carbocycles. The quantitative estimate of drug-likeness (QED) is 0.364. The monoisotopic (exact) mass is 415 g/mol. The normalized spacial score (nSPS) is 10.5. The van der Waals surface area contributed by atoms with Crippen LogP contribution in [0.2, 0.25) is 0 Å². The first-order valence-electron chi connectivity index (χ1n) is 9.75. The van der Waals surface area contributed by atoms with Gasteiger partial charge in [0.15, 0.2) is 11.5 Å². The molecule has 1 aromatic heterocycles. The van der Waals surface area contributed by atoms with Crippen LogP contribution in [0.1, 0.15) is 21.6 Å². The number of rotatable bonds is 8.